The van der Waals surface area contributed by atoms with Crippen LogP contribution < -0.4 is 4.74 Å². The molecule has 0 spiro atoms. The Morgan fingerprint density at radius 2 is 2.27 bits per heavy atom. The molecule has 120 valence electrons. The molecule has 3 rings (SSSR count). The van der Waals surface area contributed by atoms with Gasteiger partial charge >= 0.3 is 5.97 Å². The summed E-state index contributed by atoms with van der Waals surface area (Å²) >= 11 is 0. The Morgan fingerprint density at radius 1 is 1.41 bits per heavy atom. The number of carbonyl (C=O) groups excluding carboxylic acids is 1. The van der Waals surface area contributed by atoms with E-state index in [9.17, 15) is 9.90 Å². The van der Waals surface area contributed by atoms with Crippen LogP contribution in [0.1, 0.15) is 49.7 Å². The van der Waals surface area contributed by atoms with Crippen LogP contribution in [0.25, 0.3) is 0 Å². The Labute approximate surface area is 131 Å². The molecule has 0 saturated heterocycles. The first kappa shape index (κ1) is 15.3. The Kier molecular flexibility index (Phi) is 4.67. The van der Waals surface area contributed by atoms with E-state index in [0.29, 0.717) is 24.9 Å². The van der Waals surface area contributed by atoms with Gasteiger partial charge in [0.15, 0.2) is 0 Å². The number of rotatable bonds is 6. The Hall–Kier alpha value is -1.55. The molecule has 1 fully saturated rings. The van der Waals surface area contributed by atoms with Crippen LogP contribution in [0, 0.1) is 5.92 Å². The van der Waals surface area contributed by atoms with Gasteiger partial charge in [-0.1, -0.05) is 18.2 Å². The number of para-hydroxylation sites is 1. The highest BCUT2D eigenvalue weighted by atomic mass is 16.5. The van der Waals surface area contributed by atoms with E-state index in [2.05, 4.69) is 18.2 Å². The predicted octanol–water partition coefficient (Wildman–Crippen LogP) is 2.82. The van der Waals surface area contributed by atoms with Gasteiger partial charge in [0.05, 0.1) is 6.61 Å². The smallest absolute Gasteiger partial charge is 0.305 e. The van der Waals surface area contributed by atoms with Crippen molar-refractivity contribution in [1.29, 1.82) is 0 Å². The Morgan fingerprint density at radius 3 is 3.05 bits per heavy atom. The summed E-state index contributed by atoms with van der Waals surface area (Å²) < 4.78 is 11.1. The number of esters is 1. The largest absolute Gasteiger partial charge is 0.489 e. The topological polar surface area (TPSA) is 55.8 Å². The second-order valence-corrected chi connectivity index (χ2v) is 6.20. The van der Waals surface area contributed by atoms with Gasteiger partial charge in [0.2, 0.25) is 0 Å². The average Bonchev–Trinajstić information content (AvgIpc) is 3.07. The molecule has 3 atom stereocenters. The average molecular weight is 304 g/mol. The van der Waals surface area contributed by atoms with Crippen LogP contribution in [-0.2, 0) is 16.0 Å². The molecule has 4 heteroatoms. The highest BCUT2D eigenvalue weighted by molar-refractivity contribution is 5.69. The lowest BCUT2D eigenvalue weighted by atomic mass is 9.88. The minimum Gasteiger partial charge on any atom is -0.489 e. The van der Waals surface area contributed by atoms with Crippen molar-refractivity contribution in [3.05, 3.63) is 29.3 Å². The van der Waals surface area contributed by atoms with Crippen LogP contribution in [0.3, 0.4) is 0 Å². The van der Waals surface area contributed by atoms with Crippen molar-refractivity contribution in [1.82, 2.24) is 0 Å². The van der Waals surface area contributed by atoms with Crippen LogP contribution in [0.15, 0.2) is 18.2 Å². The molecule has 4 nitrogen and oxygen atoms in total. The third-order valence-electron chi connectivity index (χ3n) is 4.85. The monoisotopic (exact) mass is 304 g/mol. The standard InChI is InChI=1S/C18H24O4/c1-2-21-16(20)8-4-6-12-5-3-7-14-17-13(11-19)9-10-15(17)22-18(12)14/h3,5,7,13,15,17,19H,2,4,6,8-11H2,1H3. The number of benzene rings is 1. The van der Waals surface area contributed by atoms with Crippen molar-refractivity contribution in [3.63, 3.8) is 0 Å². The van der Waals surface area contributed by atoms with E-state index in [1.165, 1.54) is 11.1 Å². The van der Waals surface area contributed by atoms with Crippen molar-refractivity contribution < 1.29 is 19.4 Å². The Balaban J connectivity index is 1.68. The van der Waals surface area contributed by atoms with Gasteiger partial charge in [-0.2, -0.15) is 0 Å². The molecule has 1 heterocycles. The number of hydrogen-bond donors (Lipinski definition) is 1. The molecule has 1 aromatic carbocycles. The lowest BCUT2D eigenvalue weighted by Gasteiger charge is -2.15. The number of aliphatic hydroxyl groups excluding tert-OH is 1. The van der Waals surface area contributed by atoms with Gasteiger partial charge in [-0.3, -0.25) is 4.79 Å². The van der Waals surface area contributed by atoms with Crippen molar-refractivity contribution >= 4 is 5.97 Å². The van der Waals surface area contributed by atoms with Crippen molar-refractivity contribution in [3.8, 4) is 5.75 Å². The molecule has 0 amide bonds. The molecule has 0 bridgehead atoms. The molecular formula is C18H24O4. The van der Waals surface area contributed by atoms with E-state index in [1.807, 2.05) is 6.92 Å². The molecule has 0 aromatic heterocycles. The lowest BCUT2D eigenvalue weighted by Crippen LogP contribution is -2.17. The zero-order chi connectivity index (χ0) is 15.5. The minimum absolute atomic E-state index is 0.131. The first-order valence-corrected chi connectivity index (χ1v) is 8.29. The first-order valence-electron chi connectivity index (χ1n) is 8.29. The van der Waals surface area contributed by atoms with Crippen molar-refractivity contribution in [2.24, 2.45) is 5.92 Å². The van der Waals surface area contributed by atoms with Crippen LogP contribution in [0.5, 0.6) is 5.75 Å². The molecule has 22 heavy (non-hydrogen) atoms. The number of hydrogen-bond acceptors (Lipinski definition) is 4. The predicted molar refractivity (Wildman–Crippen MR) is 83.0 cm³/mol. The summed E-state index contributed by atoms with van der Waals surface area (Å²) in [6.45, 7) is 2.50. The molecular weight excluding hydrogens is 280 g/mol. The van der Waals surface area contributed by atoms with Crippen molar-refractivity contribution in [2.75, 3.05) is 13.2 Å². The molecule has 0 radical (unpaired) electrons. The highest BCUT2D eigenvalue weighted by Crippen LogP contribution is 2.51. The maximum Gasteiger partial charge on any atom is 0.305 e. The fourth-order valence-electron chi connectivity index (χ4n) is 3.85. The molecule has 1 aromatic rings. The molecule has 1 aliphatic carbocycles. The van der Waals surface area contributed by atoms with E-state index in [4.69, 9.17) is 9.47 Å². The fourth-order valence-corrected chi connectivity index (χ4v) is 3.85. The minimum atomic E-state index is -0.131. The number of aliphatic hydroxyl groups is 1. The van der Waals surface area contributed by atoms with Gasteiger partial charge in [0, 0.05) is 24.5 Å². The highest BCUT2D eigenvalue weighted by Gasteiger charge is 2.44. The van der Waals surface area contributed by atoms with E-state index in [-0.39, 0.29) is 18.7 Å². The van der Waals surface area contributed by atoms with Crippen LogP contribution in [0.2, 0.25) is 0 Å². The normalized spacial score (nSPS) is 25.5. The molecule has 1 N–H and O–H groups in total. The molecule has 1 aliphatic heterocycles. The summed E-state index contributed by atoms with van der Waals surface area (Å²) in [4.78, 5) is 11.4. The number of ether oxygens (including phenoxy) is 2. The van der Waals surface area contributed by atoms with E-state index in [0.717, 1.165) is 31.4 Å². The van der Waals surface area contributed by atoms with Gasteiger partial charge in [0.25, 0.3) is 0 Å². The third-order valence-corrected chi connectivity index (χ3v) is 4.85. The molecule has 3 unspecified atom stereocenters. The summed E-state index contributed by atoms with van der Waals surface area (Å²) in [6.07, 6.45) is 4.33. The number of fused-ring (bicyclic) bond motifs is 3. The van der Waals surface area contributed by atoms with Gasteiger partial charge in [-0.25, -0.2) is 0 Å². The maximum absolute atomic E-state index is 11.4. The van der Waals surface area contributed by atoms with Gasteiger partial charge in [0.1, 0.15) is 11.9 Å². The molecule has 1 saturated carbocycles. The summed E-state index contributed by atoms with van der Waals surface area (Å²) in [6, 6.07) is 6.28. The van der Waals surface area contributed by atoms with Crippen LogP contribution in [0.4, 0.5) is 0 Å². The first-order chi connectivity index (χ1) is 10.7. The number of carbonyl (C=O) groups is 1. The van der Waals surface area contributed by atoms with Gasteiger partial charge in [-0.05, 0) is 44.1 Å². The summed E-state index contributed by atoms with van der Waals surface area (Å²) in [5.41, 5.74) is 2.42. The van der Waals surface area contributed by atoms with Crippen molar-refractivity contribution in [2.45, 2.75) is 51.0 Å². The summed E-state index contributed by atoms with van der Waals surface area (Å²) in [5.74, 6) is 1.53. The maximum atomic E-state index is 11.4. The van der Waals surface area contributed by atoms with Crippen LogP contribution >= 0.6 is 0 Å². The third kappa shape index (κ3) is 2.84. The van der Waals surface area contributed by atoms with E-state index in [1.54, 1.807) is 0 Å². The SMILES string of the molecule is CCOC(=O)CCCc1cccc2c1OC1CCC(CO)C21. The lowest BCUT2D eigenvalue weighted by molar-refractivity contribution is -0.143. The Bertz CT molecular complexity index is 540. The second-order valence-electron chi connectivity index (χ2n) is 6.20. The second kappa shape index (κ2) is 6.69. The molecule has 2 aliphatic rings. The fraction of sp³-hybridized carbons (Fsp3) is 0.611. The summed E-state index contributed by atoms with van der Waals surface area (Å²) in [7, 11) is 0. The van der Waals surface area contributed by atoms with E-state index < -0.39 is 0 Å². The quantitative estimate of drug-likeness (QED) is 0.821. The summed E-state index contributed by atoms with van der Waals surface area (Å²) in [5, 5.41) is 9.55. The zero-order valence-electron chi connectivity index (χ0n) is 13.1. The van der Waals surface area contributed by atoms with Crippen LogP contribution in [-0.4, -0.2) is 30.4 Å². The van der Waals surface area contributed by atoms with Gasteiger partial charge in [-0.15, -0.1) is 0 Å². The number of aryl methyl sites for hydroxylation is 1. The zero-order valence-corrected chi connectivity index (χ0v) is 13.1. The van der Waals surface area contributed by atoms with E-state index >= 15 is 0 Å². The van der Waals surface area contributed by atoms with Gasteiger partial charge < -0.3 is 14.6 Å².